The van der Waals surface area contributed by atoms with Gasteiger partial charge in [-0.1, -0.05) is 0 Å². The van der Waals surface area contributed by atoms with E-state index < -0.39 is 261 Å². The Balaban J connectivity index is 1.20. The Kier molecular flexibility index (Phi) is 22.6. The van der Waals surface area contributed by atoms with Gasteiger partial charge in [-0.05, 0) is 0 Å². The summed E-state index contributed by atoms with van der Waals surface area (Å²) in [6, 6.07) is 0. The lowest BCUT2D eigenvalue weighted by atomic mass is 9.95. The number of ether oxygens (including phenoxy) is 13. The highest BCUT2D eigenvalue weighted by atomic mass is 16.8. The van der Waals surface area contributed by atoms with Gasteiger partial charge in [0, 0.05) is 0 Å². The SMILES string of the molecule is OC[C@H]1O[C@H](O[C@H]2[C@@H](O[C@H]3[C@@H](O[C@H]4[C@@H](O[C@H]5[C@@H](O[C@H]6[C@@H](O[C@H]7C(O)O[C@H](CO)[C@@H](O)[C@@H]7O)O[C@H](CO)[C@@H](O)[C@@H]6O)O[C@H](CO)[C@@H](O)[C@@H]5O)O[C@H](CO)[C@@H](O)[C@@H]4O)O[C@H](CO)[C@@H](O)[C@@H]3O)O[C@H](CO)[C@@H](O)[C@@H]2O)[C@H](O)[C@@H](O)[C@@H]1O. The maximum Gasteiger partial charge on any atom is 0.187 e. The molecule has 0 bridgehead atoms. The Bertz CT molecular complexity index is 1820. The second-order valence-electron chi connectivity index (χ2n) is 19.6. The Hall–Kier alpha value is -1.44. The molecule has 23 N–H and O–H groups in total. The van der Waals surface area contributed by atoms with Crippen LogP contribution < -0.4 is 0 Å². The Labute approximate surface area is 439 Å². The quantitative estimate of drug-likeness (QED) is 0.0571. The van der Waals surface area contributed by atoms with Gasteiger partial charge in [0.25, 0.3) is 0 Å². The van der Waals surface area contributed by atoms with E-state index in [1.54, 1.807) is 0 Å². The number of hydrogen-bond acceptors (Lipinski definition) is 36. The second kappa shape index (κ2) is 27.5. The van der Waals surface area contributed by atoms with E-state index in [1.807, 2.05) is 0 Å². The average molecular weight is 1150 g/mol. The maximum absolute atomic E-state index is 11.7. The second-order valence-corrected chi connectivity index (χ2v) is 19.6. The van der Waals surface area contributed by atoms with Crippen LogP contribution in [0.2, 0.25) is 0 Å². The van der Waals surface area contributed by atoms with Crippen molar-refractivity contribution >= 4 is 0 Å². The fraction of sp³-hybridized carbons (Fsp3) is 1.00. The summed E-state index contributed by atoms with van der Waals surface area (Å²) in [5.74, 6) is 0. The molecule has 7 aliphatic rings. The molecule has 0 aromatic heterocycles. The van der Waals surface area contributed by atoms with E-state index in [4.69, 9.17) is 61.6 Å². The van der Waals surface area contributed by atoms with Crippen LogP contribution in [0, 0.1) is 0 Å². The Morgan fingerprint density at radius 1 is 0.192 bits per heavy atom. The topological polar surface area (TPSA) is 585 Å². The van der Waals surface area contributed by atoms with E-state index in [2.05, 4.69) is 0 Å². The molecule has 36 heteroatoms. The van der Waals surface area contributed by atoms with Crippen LogP contribution in [0.5, 0.6) is 0 Å². The normalized spacial score (nSPS) is 53.5. The molecule has 0 aromatic rings. The number of rotatable bonds is 19. The lowest BCUT2D eigenvalue weighted by Gasteiger charge is -2.51. The third-order valence-corrected chi connectivity index (χ3v) is 14.6. The van der Waals surface area contributed by atoms with E-state index in [0.29, 0.717) is 0 Å². The molecule has 1 unspecified atom stereocenters. The first-order valence-corrected chi connectivity index (χ1v) is 24.7. The molecule has 36 nitrogen and oxygen atoms in total. The Morgan fingerprint density at radius 3 is 0.615 bits per heavy atom. The van der Waals surface area contributed by atoms with Gasteiger partial charge in [0.2, 0.25) is 0 Å². The number of aliphatic hydroxyl groups is 23. The van der Waals surface area contributed by atoms with E-state index >= 15 is 0 Å². The molecule has 0 radical (unpaired) electrons. The van der Waals surface area contributed by atoms with Crippen LogP contribution in [-0.2, 0) is 61.6 Å². The highest BCUT2D eigenvalue weighted by Crippen LogP contribution is 2.39. The largest absolute Gasteiger partial charge is 0.394 e. The summed E-state index contributed by atoms with van der Waals surface area (Å²) in [6.07, 6.45) is -72.5. The van der Waals surface area contributed by atoms with Crippen LogP contribution >= 0.6 is 0 Å². The predicted octanol–water partition coefficient (Wildman–Crippen LogP) is -16.3. The minimum absolute atomic E-state index is 0.890. The van der Waals surface area contributed by atoms with E-state index in [1.165, 1.54) is 0 Å². The molecule has 0 aliphatic carbocycles. The van der Waals surface area contributed by atoms with Crippen molar-refractivity contribution in [2.45, 2.75) is 215 Å². The fourth-order valence-electron chi connectivity index (χ4n) is 9.88. The monoisotopic (exact) mass is 1150 g/mol. The van der Waals surface area contributed by atoms with Crippen LogP contribution in [0.15, 0.2) is 0 Å². The molecule has 7 saturated heterocycles. The van der Waals surface area contributed by atoms with Crippen LogP contribution in [-0.4, -0.2) is 379 Å². The molecule has 0 saturated carbocycles. The standard InChI is InChI=1S/C42H72O36/c43-1-8-16(51)23(58)30(36(65)66-8)73-38-32(25(60)18(53)10(3-45)68-38)75-40-34(27(62)20(55)12(5-47)70-40)77-42-35(28(63)21(56)14(7-49)72-42)78-41-33(26(61)19(54)13(6-48)71-41)76-39-31(24(59)17(52)11(4-46)69-39)74-37-29(64)22(57)15(50)9(2-44)67-37/h8-65H,1-7H2/t8-,9-,10-,11-,12-,13-,14-,15-,16-,17-,18-,19-,20-,21-,22+,23+,24+,25+,26+,27+,28+,29-,30-,31-,32-,33-,34-,35-,36?,37-,38-,39-,40-,41-,42-/m1/s1. The van der Waals surface area contributed by atoms with Gasteiger partial charge < -0.3 is 179 Å². The van der Waals surface area contributed by atoms with Crippen molar-refractivity contribution in [2.24, 2.45) is 0 Å². The summed E-state index contributed by atoms with van der Waals surface area (Å²) >= 11 is 0. The Morgan fingerprint density at radius 2 is 0.372 bits per heavy atom. The minimum atomic E-state index is -2.34. The fourth-order valence-corrected chi connectivity index (χ4v) is 9.88. The summed E-state index contributed by atoms with van der Waals surface area (Å²) in [6.45, 7) is -7.18. The zero-order valence-electron chi connectivity index (χ0n) is 40.8. The van der Waals surface area contributed by atoms with Gasteiger partial charge in [0.05, 0.1) is 46.2 Å². The number of aliphatic hydroxyl groups excluding tert-OH is 23. The molecular formula is C42H72O36. The van der Waals surface area contributed by atoms with E-state index in [-0.39, 0.29) is 0 Å². The predicted molar refractivity (Wildman–Crippen MR) is 232 cm³/mol. The van der Waals surface area contributed by atoms with Crippen LogP contribution in [0.3, 0.4) is 0 Å². The molecule has 456 valence electrons. The van der Waals surface area contributed by atoms with Crippen LogP contribution in [0.4, 0.5) is 0 Å². The molecule has 7 rings (SSSR count). The maximum atomic E-state index is 11.7. The van der Waals surface area contributed by atoms with Gasteiger partial charge in [-0.25, -0.2) is 0 Å². The zero-order chi connectivity index (χ0) is 57.3. The average Bonchev–Trinajstić information content (AvgIpc) is 3.43. The van der Waals surface area contributed by atoms with Crippen LogP contribution in [0.25, 0.3) is 0 Å². The highest BCUT2D eigenvalue weighted by molar-refractivity contribution is 5.01. The summed E-state index contributed by atoms with van der Waals surface area (Å²) < 4.78 is 74.3. The van der Waals surface area contributed by atoms with Gasteiger partial charge in [-0.15, -0.1) is 0 Å². The molecule has 0 spiro atoms. The van der Waals surface area contributed by atoms with E-state index in [9.17, 15) is 117 Å². The van der Waals surface area contributed by atoms with Crippen molar-refractivity contribution in [3.8, 4) is 0 Å². The molecule has 7 fully saturated rings. The van der Waals surface area contributed by atoms with E-state index in [0.717, 1.165) is 0 Å². The zero-order valence-corrected chi connectivity index (χ0v) is 40.8. The third-order valence-electron chi connectivity index (χ3n) is 14.6. The molecule has 35 atom stereocenters. The summed E-state index contributed by atoms with van der Waals surface area (Å²) in [5, 5.41) is 246. The van der Waals surface area contributed by atoms with Crippen molar-refractivity contribution in [2.75, 3.05) is 46.2 Å². The highest BCUT2D eigenvalue weighted by Gasteiger charge is 2.59. The van der Waals surface area contributed by atoms with Crippen molar-refractivity contribution in [3.63, 3.8) is 0 Å². The lowest BCUT2D eigenvalue weighted by Crippen LogP contribution is -2.69. The van der Waals surface area contributed by atoms with Crippen molar-refractivity contribution < 1.29 is 179 Å². The van der Waals surface area contributed by atoms with Gasteiger partial charge in [-0.2, -0.15) is 0 Å². The van der Waals surface area contributed by atoms with Crippen molar-refractivity contribution in [1.82, 2.24) is 0 Å². The van der Waals surface area contributed by atoms with Gasteiger partial charge in [0.1, 0.15) is 171 Å². The smallest absolute Gasteiger partial charge is 0.187 e. The lowest BCUT2D eigenvalue weighted by molar-refractivity contribution is -0.420. The number of hydrogen-bond donors (Lipinski definition) is 23. The third kappa shape index (κ3) is 12.9. The first kappa shape index (κ1) is 64.1. The summed E-state index contributed by atoms with van der Waals surface area (Å²) in [4.78, 5) is 0. The first-order chi connectivity index (χ1) is 37.0. The molecular weight excluding hydrogens is 1080 g/mol. The molecule has 7 heterocycles. The van der Waals surface area contributed by atoms with Crippen molar-refractivity contribution in [1.29, 1.82) is 0 Å². The summed E-state index contributed by atoms with van der Waals surface area (Å²) in [7, 11) is 0. The van der Waals surface area contributed by atoms with Gasteiger partial charge in [-0.3, -0.25) is 0 Å². The molecule has 0 aromatic carbocycles. The summed E-state index contributed by atoms with van der Waals surface area (Å²) in [5.41, 5.74) is 0. The first-order valence-electron chi connectivity index (χ1n) is 24.7. The van der Waals surface area contributed by atoms with Crippen LogP contribution in [0.1, 0.15) is 0 Å². The molecule has 0 amide bonds. The molecule has 78 heavy (non-hydrogen) atoms. The minimum Gasteiger partial charge on any atom is -0.394 e. The van der Waals surface area contributed by atoms with Gasteiger partial charge in [0.15, 0.2) is 44.0 Å². The van der Waals surface area contributed by atoms with Crippen molar-refractivity contribution in [3.05, 3.63) is 0 Å². The van der Waals surface area contributed by atoms with Gasteiger partial charge >= 0.3 is 0 Å². The molecule has 7 aliphatic heterocycles.